The molecule has 0 saturated heterocycles. The van der Waals surface area contributed by atoms with Gasteiger partial charge in [0.1, 0.15) is 17.8 Å². The molecular formula is C13H11N3O3S. The quantitative estimate of drug-likeness (QED) is 0.710. The molecule has 3 aromatic rings. The van der Waals surface area contributed by atoms with Crippen LogP contribution >= 0.6 is 11.3 Å². The van der Waals surface area contributed by atoms with E-state index in [1.807, 2.05) is 12.1 Å². The molecule has 0 radical (unpaired) electrons. The van der Waals surface area contributed by atoms with Crippen molar-refractivity contribution < 1.29 is 9.47 Å². The van der Waals surface area contributed by atoms with Gasteiger partial charge in [-0.05, 0) is 18.2 Å². The highest BCUT2D eigenvalue weighted by molar-refractivity contribution is 7.15. The van der Waals surface area contributed by atoms with E-state index in [1.165, 1.54) is 22.2 Å². The molecule has 7 heteroatoms. The third kappa shape index (κ3) is 2.01. The number of nitrogens with zero attached hydrogens (tertiary/aromatic N) is 3. The van der Waals surface area contributed by atoms with Crippen molar-refractivity contribution in [1.82, 2.24) is 14.6 Å². The summed E-state index contributed by atoms with van der Waals surface area (Å²) in [4.78, 5) is 16.7. The van der Waals surface area contributed by atoms with Gasteiger partial charge in [-0.1, -0.05) is 11.3 Å². The zero-order valence-electron chi connectivity index (χ0n) is 10.9. The van der Waals surface area contributed by atoms with Crippen LogP contribution in [-0.2, 0) is 0 Å². The molecule has 0 aliphatic rings. The van der Waals surface area contributed by atoms with Crippen LogP contribution in [0.3, 0.4) is 0 Å². The van der Waals surface area contributed by atoms with Gasteiger partial charge in [-0.2, -0.15) is 9.61 Å². The van der Waals surface area contributed by atoms with Crippen LogP contribution in [0.4, 0.5) is 0 Å². The Labute approximate surface area is 117 Å². The van der Waals surface area contributed by atoms with Crippen LogP contribution < -0.4 is 19.6 Å². The van der Waals surface area contributed by atoms with Crippen LogP contribution in [0.25, 0.3) is 11.0 Å². The van der Waals surface area contributed by atoms with Crippen molar-refractivity contribution in [1.29, 1.82) is 0 Å². The molecule has 0 aliphatic carbocycles. The first kappa shape index (κ1) is 12.6. The number of hydrogen-bond acceptors (Lipinski definition) is 6. The first-order chi connectivity index (χ1) is 9.72. The van der Waals surface area contributed by atoms with Gasteiger partial charge in [0.2, 0.25) is 4.96 Å². The molecule has 0 N–H and O–H groups in total. The predicted molar refractivity (Wildman–Crippen MR) is 75.5 cm³/mol. The summed E-state index contributed by atoms with van der Waals surface area (Å²) in [7, 11) is 3.17. The molecule has 2 aromatic heterocycles. The highest BCUT2D eigenvalue weighted by Crippen LogP contribution is 2.24. The minimum absolute atomic E-state index is 0.180. The second kappa shape index (κ2) is 4.93. The van der Waals surface area contributed by atoms with Crippen LogP contribution in [0.15, 0.2) is 29.3 Å². The third-order valence-electron chi connectivity index (χ3n) is 2.85. The first-order valence-electron chi connectivity index (χ1n) is 5.79. The molecule has 102 valence electrons. The number of hydrogen-bond donors (Lipinski definition) is 0. The van der Waals surface area contributed by atoms with Crippen LogP contribution in [0, 0.1) is 0 Å². The normalized spacial score (nSPS) is 12.0. The average Bonchev–Trinajstić information content (AvgIpc) is 3.04. The Kier molecular flexibility index (Phi) is 3.11. The summed E-state index contributed by atoms with van der Waals surface area (Å²) in [5, 5.41) is 3.88. The second-order valence-electron chi connectivity index (χ2n) is 3.98. The molecule has 0 atom stereocenters. The topological polar surface area (TPSA) is 65.7 Å². The van der Waals surface area contributed by atoms with Crippen molar-refractivity contribution in [3.63, 3.8) is 0 Å². The van der Waals surface area contributed by atoms with E-state index >= 15 is 0 Å². The lowest BCUT2D eigenvalue weighted by atomic mass is 10.2. The zero-order chi connectivity index (χ0) is 14.1. The van der Waals surface area contributed by atoms with Crippen LogP contribution in [0.2, 0.25) is 0 Å². The molecule has 0 unspecified atom stereocenters. The number of methoxy groups -OCH3 is 2. The number of fused-ring (bicyclic) bond motifs is 1. The van der Waals surface area contributed by atoms with Crippen LogP contribution in [-0.4, -0.2) is 28.8 Å². The van der Waals surface area contributed by atoms with Gasteiger partial charge in [0.05, 0.1) is 18.8 Å². The maximum absolute atomic E-state index is 12.1. The van der Waals surface area contributed by atoms with E-state index in [0.29, 0.717) is 21.0 Å². The van der Waals surface area contributed by atoms with Crippen molar-refractivity contribution in [3.8, 4) is 11.5 Å². The number of rotatable bonds is 3. The van der Waals surface area contributed by atoms with Gasteiger partial charge < -0.3 is 9.47 Å². The van der Waals surface area contributed by atoms with Crippen molar-refractivity contribution in [2.24, 2.45) is 0 Å². The Morgan fingerprint density at radius 1 is 1.30 bits per heavy atom. The minimum Gasteiger partial charge on any atom is -0.497 e. The zero-order valence-corrected chi connectivity index (χ0v) is 11.7. The summed E-state index contributed by atoms with van der Waals surface area (Å²) in [6.07, 6.45) is 3.13. The minimum atomic E-state index is -0.180. The van der Waals surface area contributed by atoms with E-state index in [4.69, 9.17) is 9.47 Å². The Balaban J connectivity index is 2.18. The fourth-order valence-electron chi connectivity index (χ4n) is 1.86. The third-order valence-corrected chi connectivity index (χ3v) is 3.82. The maximum Gasteiger partial charge on any atom is 0.291 e. The average molecular weight is 289 g/mol. The fraction of sp³-hybridized carbons (Fsp3) is 0.154. The molecule has 3 rings (SSSR count). The van der Waals surface area contributed by atoms with Gasteiger partial charge in [-0.25, -0.2) is 4.98 Å². The van der Waals surface area contributed by atoms with Gasteiger partial charge in [0, 0.05) is 11.6 Å². The van der Waals surface area contributed by atoms with Crippen molar-refractivity contribution in [2.75, 3.05) is 14.2 Å². The predicted octanol–water partition coefficient (Wildman–Crippen LogP) is 0.716. The summed E-state index contributed by atoms with van der Waals surface area (Å²) in [5.41, 5.74) is 0.621. The van der Waals surface area contributed by atoms with Crippen molar-refractivity contribution >= 4 is 22.4 Å². The Hall–Kier alpha value is -2.41. The first-order valence-corrected chi connectivity index (χ1v) is 6.61. The monoisotopic (exact) mass is 289 g/mol. The van der Waals surface area contributed by atoms with E-state index in [2.05, 4.69) is 10.1 Å². The maximum atomic E-state index is 12.1. The van der Waals surface area contributed by atoms with Gasteiger partial charge in [0.15, 0.2) is 0 Å². The Morgan fingerprint density at radius 2 is 2.15 bits per heavy atom. The van der Waals surface area contributed by atoms with Crippen molar-refractivity contribution in [3.05, 3.63) is 45.0 Å². The highest BCUT2D eigenvalue weighted by atomic mass is 32.1. The molecular weight excluding hydrogens is 278 g/mol. The summed E-state index contributed by atoms with van der Waals surface area (Å²) < 4.78 is 12.3. The summed E-state index contributed by atoms with van der Waals surface area (Å²) in [6.45, 7) is 0. The molecule has 1 aromatic carbocycles. The molecule has 0 amide bonds. The number of benzene rings is 1. The van der Waals surface area contributed by atoms with Gasteiger partial charge in [0.25, 0.3) is 5.56 Å². The SMILES string of the molecule is COc1ccc(/C=c2\sc3ncnn3c2=O)c(OC)c1. The van der Waals surface area contributed by atoms with Gasteiger partial charge >= 0.3 is 0 Å². The Bertz CT molecular complexity index is 869. The van der Waals surface area contributed by atoms with E-state index in [0.717, 1.165) is 5.56 Å². The van der Waals surface area contributed by atoms with Crippen LogP contribution in [0.1, 0.15) is 5.56 Å². The van der Waals surface area contributed by atoms with E-state index in [-0.39, 0.29) is 5.56 Å². The van der Waals surface area contributed by atoms with E-state index in [9.17, 15) is 4.79 Å². The van der Waals surface area contributed by atoms with Gasteiger partial charge in [-0.3, -0.25) is 4.79 Å². The van der Waals surface area contributed by atoms with E-state index in [1.54, 1.807) is 26.4 Å². The molecule has 0 fully saturated rings. The molecule has 6 nitrogen and oxygen atoms in total. The molecule has 0 bridgehead atoms. The second-order valence-corrected chi connectivity index (χ2v) is 4.99. The lowest BCUT2D eigenvalue weighted by Gasteiger charge is -2.06. The molecule has 0 saturated carbocycles. The lowest BCUT2D eigenvalue weighted by Crippen LogP contribution is -2.23. The van der Waals surface area contributed by atoms with Crippen LogP contribution in [0.5, 0.6) is 11.5 Å². The summed E-state index contributed by atoms with van der Waals surface area (Å²) >= 11 is 1.29. The lowest BCUT2D eigenvalue weighted by molar-refractivity contribution is 0.393. The smallest absolute Gasteiger partial charge is 0.291 e. The number of ether oxygens (including phenoxy) is 2. The molecule has 0 spiro atoms. The van der Waals surface area contributed by atoms with E-state index < -0.39 is 0 Å². The summed E-state index contributed by atoms with van der Waals surface area (Å²) in [5.74, 6) is 1.34. The molecule has 2 heterocycles. The number of thiazole rings is 1. The summed E-state index contributed by atoms with van der Waals surface area (Å²) in [6, 6.07) is 5.43. The standard InChI is InChI=1S/C13H11N3O3S/c1-18-9-4-3-8(10(6-9)19-2)5-11-12(17)16-13(20-11)14-7-15-16/h3-7H,1-2H3/b11-5-. The number of aromatic nitrogens is 3. The fourth-order valence-corrected chi connectivity index (χ4v) is 2.73. The Morgan fingerprint density at radius 3 is 2.85 bits per heavy atom. The molecule has 0 aliphatic heterocycles. The molecule has 20 heavy (non-hydrogen) atoms. The highest BCUT2D eigenvalue weighted by Gasteiger charge is 2.07. The largest absolute Gasteiger partial charge is 0.497 e. The van der Waals surface area contributed by atoms with Crippen molar-refractivity contribution in [2.45, 2.75) is 0 Å². The van der Waals surface area contributed by atoms with Gasteiger partial charge in [-0.15, -0.1) is 0 Å².